The molecule has 0 amide bonds. The van der Waals surface area contributed by atoms with Gasteiger partial charge in [0.2, 0.25) is 0 Å². The summed E-state index contributed by atoms with van der Waals surface area (Å²) >= 11 is 1.03. The maximum atomic E-state index is 1.64. The Hall–Kier alpha value is 0.519. The van der Waals surface area contributed by atoms with Gasteiger partial charge in [0.25, 0.3) is 0 Å². The molecule has 1 heterocycles. The molecular formula is C12H20Se. The zero-order chi connectivity index (χ0) is 8.67. The summed E-state index contributed by atoms with van der Waals surface area (Å²) in [6.45, 7) is 0. The molecule has 0 aromatic carbocycles. The standard InChI is InChI=1S/C12H20Se/c1-3-9-4-2-6-11-8-13-7-10(5-1)12(9)11/h9-12H,1-8H2. The molecule has 0 spiro atoms. The van der Waals surface area contributed by atoms with Gasteiger partial charge in [0.1, 0.15) is 0 Å². The molecule has 0 aromatic rings. The Labute approximate surface area is 88.0 Å². The van der Waals surface area contributed by atoms with Gasteiger partial charge in [0.15, 0.2) is 0 Å². The molecule has 0 N–H and O–H groups in total. The summed E-state index contributed by atoms with van der Waals surface area (Å²) in [5.41, 5.74) is 0. The van der Waals surface area contributed by atoms with Gasteiger partial charge in [0, 0.05) is 0 Å². The molecule has 13 heavy (non-hydrogen) atoms. The third-order valence-electron chi connectivity index (χ3n) is 4.60. The summed E-state index contributed by atoms with van der Waals surface area (Å²) in [7, 11) is 0. The Morgan fingerprint density at radius 1 is 0.692 bits per heavy atom. The average Bonchev–Trinajstić information content (AvgIpc) is 2.19. The van der Waals surface area contributed by atoms with E-state index in [0.717, 1.165) is 15.0 Å². The predicted molar refractivity (Wildman–Crippen MR) is 57.0 cm³/mol. The molecule has 2 saturated carbocycles. The minimum absolute atomic E-state index is 1.03. The summed E-state index contributed by atoms with van der Waals surface area (Å²) in [5, 5.41) is 3.29. The second-order valence-electron chi connectivity index (χ2n) is 5.26. The van der Waals surface area contributed by atoms with Crippen LogP contribution in [0.4, 0.5) is 0 Å². The molecule has 0 aromatic heterocycles. The number of hydrogen-bond acceptors (Lipinski definition) is 0. The van der Waals surface area contributed by atoms with Crippen molar-refractivity contribution in [1.82, 2.24) is 0 Å². The Kier molecular flexibility index (Phi) is 2.43. The summed E-state index contributed by atoms with van der Waals surface area (Å²) in [6.07, 6.45) is 9.50. The van der Waals surface area contributed by atoms with Crippen LogP contribution in [0.15, 0.2) is 0 Å². The fourth-order valence-electron chi connectivity index (χ4n) is 4.11. The van der Waals surface area contributed by atoms with Crippen molar-refractivity contribution in [2.45, 2.75) is 49.2 Å². The van der Waals surface area contributed by atoms with Gasteiger partial charge in [-0.2, -0.15) is 0 Å². The molecule has 3 rings (SSSR count). The topological polar surface area (TPSA) is 0 Å². The van der Waals surface area contributed by atoms with Crippen LogP contribution < -0.4 is 0 Å². The molecule has 74 valence electrons. The minimum atomic E-state index is 1.03. The fraction of sp³-hybridized carbons (Fsp3) is 1.00. The van der Waals surface area contributed by atoms with Crippen LogP contribution in [-0.4, -0.2) is 15.0 Å². The number of hydrogen-bond donors (Lipinski definition) is 0. The second-order valence-corrected chi connectivity index (χ2v) is 7.51. The Morgan fingerprint density at radius 2 is 1.23 bits per heavy atom. The molecular weight excluding hydrogens is 223 g/mol. The molecule has 0 bridgehead atoms. The average molecular weight is 243 g/mol. The molecule has 2 atom stereocenters. The normalized spacial score (nSPS) is 49.8. The van der Waals surface area contributed by atoms with Crippen LogP contribution >= 0.6 is 0 Å². The second kappa shape index (κ2) is 3.59. The summed E-state index contributed by atoms with van der Waals surface area (Å²) in [6, 6.07) is 0. The summed E-state index contributed by atoms with van der Waals surface area (Å²) in [5.74, 6) is 4.77. The fourth-order valence-corrected chi connectivity index (χ4v) is 7.30. The van der Waals surface area contributed by atoms with E-state index in [4.69, 9.17) is 0 Å². The summed E-state index contributed by atoms with van der Waals surface area (Å²) in [4.78, 5) is 0. The molecule has 1 saturated heterocycles. The van der Waals surface area contributed by atoms with Gasteiger partial charge < -0.3 is 0 Å². The van der Waals surface area contributed by atoms with Crippen LogP contribution in [0.25, 0.3) is 0 Å². The van der Waals surface area contributed by atoms with Crippen molar-refractivity contribution in [2.24, 2.45) is 23.7 Å². The SMILES string of the molecule is C1CC2CCCC3C[Se]CC(C1)C23. The molecule has 1 heteroatoms. The molecule has 1 aliphatic heterocycles. The zero-order valence-corrected chi connectivity index (χ0v) is 10.1. The van der Waals surface area contributed by atoms with Gasteiger partial charge in [-0.25, -0.2) is 0 Å². The van der Waals surface area contributed by atoms with E-state index in [9.17, 15) is 0 Å². The Morgan fingerprint density at radius 3 is 1.85 bits per heavy atom. The van der Waals surface area contributed by atoms with Gasteiger partial charge in [0.05, 0.1) is 0 Å². The van der Waals surface area contributed by atoms with E-state index in [-0.39, 0.29) is 0 Å². The van der Waals surface area contributed by atoms with E-state index in [2.05, 4.69) is 0 Å². The van der Waals surface area contributed by atoms with Crippen LogP contribution in [-0.2, 0) is 0 Å². The first-order valence-corrected chi connectivity index (χ1v) is 8.45. The third-order valence-corrected chi connectivity index (χ3v) is 7.38. The first-order valence-electron chi connectivity index (χ1n) is 6.03. The van der Waals surface area contributed by atoms with Crippen molar-refractivity contribution < 1.29 is 0 Å². The molecule has 2 aliphatic carbocycles. The van der Waals surface area contributed by atoms with Crippen LogP contribution in [0.2, 0.25) is 10.6 Å². The van der Waals surface area contributed by atoms with E-state index in [1.807, 2.05) is 0 Å². The van der Waals surface area contributed by atoms with Crippen LogP contribution in [0.5, 0.6) is 0 Å². The third kappa shape index (κ3) is 1.49. The first kappa shape index (κ1) is 8.80. The van der Waals surface area contributed by atoms with Crippen molar-refractivity contribution in [3.8, 4) is 0 Å². The van der Waals surface area contributed by atoms with Crippen LogP contribution in [0.1, 0.15) is 38.5 Å². The van der Waals surface area contributed by atoms with Gasteiger partial charge in [-0.05, 0) is 0 Å². The van der Waals surface area contributed by atoms with E-state index >= 15 is 0 Å². The Bertz CT molecular complexity index is 144. The van der Waals surface area contributed by atoms with Crippen molar-refractivity contribution in [3.63, 3.8) is 0 Å². The van der Waals surface area contributed by atoms with Crippen LogP contribution in [0.3, 0.4) is 0 Å². The van der Waals surface area contributed by atoms with Gasteiger partial charge in [-0.3, -0.25) is 0 Å². The van der Waals surface area contributed by atoms with E-state index < -0.39 is 0 Å². The predicted octanol–water partition coefficient (Wildman–Crippen LogP) is 3.37. The maximum absolute atomic E-state index is 1.64. The molecule has 3 fully saturated rings. The summed E-state index contributed by atoms with van der Waals surface area (Å²) < 4.78 is 0. The van der Waals surface area contributed by atoms with E-state index in [1.165, 1.54) is 23.7 Å². The van der Waals surface area contributed by atoms with E-state index in [0.29, 0.717) is 0 Å². The Balaban J connectivity index is 1.82. The number of rotatable bonds is 0. The van der Waals surface area contributed by atoms with Crippen LogP contribution in [0, 0.1) is 23.7 Å². The zero-order valence-electron chi connectivity index (χ0n) is 8.37. The quantitative estimate of drug-likeness (QED) is 0.572. The monoisotopic (exact) mass is 244 g/mol. The van der Waals surface area contributed by atoms with Gasteiger partial charge in [-0.15, -0.1) is 0 Å². The first-order chi connectivity index (χ1) is 6.45. The molecule has 3 aliphatic rings. The molecule has 0 nitrogen and oxygen atoms in total. The van der Waals surface area contributed by atoms with Gasteiger partial charge >= 0.3 is 87.8 Å². The van der Waals surface area contributed by atoms with Crippen molar-refractivity contribution in [3.05, 3.63) is 0 Å². The molecule has 0 radical (unpaired) electrons. The molecule has 2 unspecified atom stereocenters. The van der Waals surface area contributed by atoms with E-state index in [1.54, 1.807) is 49.2 Å². The van der Waals surface area contributed by atoms with Crippen molar-refractivity contribution >= 4 is 15.0 Å². The van der Waals surface area contributed by atoms with Crippen molar-refractivity contribution in [1.29, 1.82) is 0 Å². The van der Waals surface area contributed by atoms with Crippen molar-refractivity contribution in [2.75, 3.05) is 0 Å². The van der Waals surface area contributed by atoms with Gasteiger partial charge in [-0.1, -0.05) is 0 Å².